The molecule has 1 aliphatic heterocycles. The first-order chi connectivity index (χ1) is 22.2. The molecule has 0 aliphatic carbocycles. The molecule has 1 N–H and O–H groups in total. The highest BCUT2D eigenvalue weighted by atomic mass is 79.9. The number of terminal acetylenes is 1. The summed E-state index contributed by atoms with van der Waals surface area (Å²) in [6.07, 6.45) is 19.0. The summed E-state index contributed by atoms with van der Waals surface area (Å²) in [5.74, 6) is 3.01. The highest BCUT2D eigenvalue weighted by Gasteiger charge is 2.33. The van der Waals surface area contributed by atoms with E-state index in [1.165, 1.54) is 0 Å². The molecule has 0 saturated carbocycles. The van der Waals surface area contributed by atoms with Gasteiger partial charge in [0, 0.05) is 44.0 Å². The zero-order valence-corrected chi connectivity index (χ0v) is 31.3. The molecule has 1 fully saturated rings. The van der Waals surface area contributed by atoms with Gasteiger partial charge in [-0.25, -0.2) is 13.4 Å². The Kier molecular flexibility index (Phi) is 21.9. The van der Waals surface area contributed by atoms with Gasteiger partial charge < -0.3 is 5.32 Å². The van der Waals surface area contributed by atoms with E-state index >= 15 is 0 Å². The predicted molar refractivity (Wildman–Crippen MR) is 200 cm³/mol. The Labute approximate surface area is 287 Å². The second kappa shape index (κ2) is 23.8. The van der Waals surface area contributed by atoms with Crippen LogP contribution >= 0.6 is 15.9 Å². The molecule has 46 heavy (non-hydrogen) atoms. The lowest BCUT2D eigenvalue weighted by Gasteiger charge is -2.32. The fraction of sp³-hybridized carbons (Fsp3) is 0.417. The molecule has 0 spiro atoms. The molecule has 4 heterocycles. The summed E-state index contributed by atoms with van der Waals surface area (Å²) < 4.78 is 31.4. The van der Waals surface area contributed by atoms with Gasteiger partial charge in [0.2, 0.25) is 10.0 Å². The lowest BCUT2D eigenvalue weighted by Crippen LogP contribution is -2.40. The van der Waals surface area contributed by atoms with E-state index in [1.807, 2.05) is 72.9 Å². The van der Waals surface area contributed by atoms with Gasteiger partial charge in [-0.05, 0) is 86.2 Å². The third kappa shape index (κ3) is 12.7. The van der Waals surface area contributed by atoms with Crippen LogP contribution in [0.5, 0.6) is 0 Å². The maximum absolute atomic E-state index is 13.6. The van der Waals surface area contributed by atoms with Crippen molar-refractivity contribution in [2.45, 2.75) is 87.1 Å². The van der Waals surface area contributed by atoms with Crippen molar-refractivity contribution < 1.29 is 8.42 Å². The van der Waals surface area contributed by atoms with Crippen LogP contribution in [0.4, 0.5) is 5.82 Å². The highest BCUT2D eigenvalue weighted by Crippen LogP contribution is 2.33. The van der Waals surface area contributed by atoms with Gasteiger partial charge in [0.05, 0.1) is 21.3 Å². The van der Waals surface area contributed by atoms with Gasteiger partial charge in [0.15, 0.2) is 5.65 Å². The number of allylic oxidation sites excluding steroid dienone is 5. The minimum Gasteiger partial charge on any atom is -0.366 e. The van der Waals surface area contributed by atoms with Gasteiger partial charge in [-0.15, -0.1) is 25.5 Å². The summed E-state index contributed by atoms with van der Waals surface area (Å²) in [6, 6.07) is 5.89. The van der Waals surface area contributed by atoms with Crippen LogP contribution in [0.1, 0.15) is 91.8 Å². The molecule has 1 aliphatic rings. The minimum absolute atomic E-state index is 0.0363. The van der Waals surface area contributed by atoms with Crippen LogP contribution in [0.2, 0.25) is 0 Å². The van der Waals surface area contributed by atoms with E-state index in [-0.39, 0.29) is 5.92 Å². The molecule has 4 rings (SSSR count). The van der Waals surface area contributed by atoms with Crippen molar-refractivity contribution in [2.75, 3.05) is 18.4 Å². The fourth-order valence-corrected chi connectivity index (χ4v) is 6.65. The maximum Gasteiger partial charge on any atom is 0.243 e. The first kappa shape index (κ1) is 42.5. The smallest absolute Gasteiger partial charge is 0.243 e. The summed E-state index contributed by atoms with van der Waals surface area (Å²) in [7, 11) is -3.64. The van der Waals surface area contributed by atoms with Gasteiger partial charge in [0.25, 0.3) is 0 Å². The molecule has 0 aromatic carbocycles. The number of hydrogen-bond acceptors (Lipinski definition) is 6. The SMILES string of the molecule is C#CC.C=CC.C=CC/C(C)=C(\C=C/C)S(=O)(=O)N1CCCC(c2cc(NCc3cccnc3)n3ncc(Br)c3n2)C1.CC.CC. The van der Waals surface area contributed by atoms with Gasteiger partial charge >= 0.3 is 0 Å². The lowest BCUT2D eigenvalue weighted by molar-refractivity contribution is 0.315. The summed E-state index contributed by atoms with van der Waals surface area (Å²) >= 11 is 3.55. The number of pyridine rings is 1. The molecular formula is C36H53BrN6O2S. The highest BCUT2D eigenvalue weighted by molar-refractivity contribution is 9.10. The molecule has 0 amide bonds. The van der Waals surface area contributed by atoms with Crippen molar-refractivity contribution in [1.82, 2.24) is 23.9 Å². The summed E-state index contributed by atoms with van der Waals surface area (Å²) in [5.41, 5.74) is 3.37. The van der Waals surface area contributed by atoms with Crippen molar-refractivity contribution in [3.05, 3.63) is 100 Å². The summed E-state index contributed by atoms with van der Waals surface area (Å²) in [4.78, 5) is 9.41. The number of halogens is 1. The largest absolute Gasteiger partial charge is 0.366 e. The van der Waals surface area contributed by atoms with E-state index in [0.717, 1.165) is 40.0 Å². The van der Waals surface area contributed by atoms with Crippen LogP contribution in [0.25, 0.3) is 5.65 Å². The molecular weight excluding hydrogens is 660 g/mol. The van der Waals surface area contributed by atoms with E-state index in [0.29, 0.717) is 36.6 Å². The average Bonchev–Trinajstić information content (AvgIpc) is 3.46. The Morgan fingerprint density at radius 1 is 1.22 bits per heavy atom. The second-order valence-corrected chi connectivity index (χ2v) is 12.3. The molecule has 8 nitrogen and oxygen atoms in total. The lowest BCUT2D eigenvalue weighted by atomic mass is 9.96. The monoisotopic (exact) mass is 712 g/mol. The zero-order chi connectivity index (χ0) is 35.1. The number of hydrogen-bond donors (Lipinski definition) is 1. The van der Waals surface area contributed by atoms with E-state index in [1.54, 1.807) is 52.4 Å². The number of rotatable bonds is 9. The van der Waals surface area contributed by atoms with E-state index in [2.05, 4.69) is 56.8 Å². The Morgan fingerprint density at radius 3 is 2.43 bits per heavy atom. The van der Waals surface area contributed by atoms with Gasteiger partial charge in [-0.2, -0.15) is 13.9 Å². The third-order valence-corrected chi connectivity index (χ3v) is 8.87. The molecule has 1 unspecified atom stereocenters. The Balaban J connectivity index is 0.00000182. The molecule has 3 aromatic rings. The number of sulfonamides is 1. The Bertz CT molecular complexity index is 1540. The van der Waals surface area contributed by atoms with Crippen molar-refractivity contribution in [3.63, 3.8) is 0 Å². The summed E-state index contributed by atoms with van der Waals surface area (Å²) in [5, 5.41) is 7.90. The predicted octanol–water partition coefficient (Wildman–Crippen LogP) is 9.32. The standard InChI is InChI=1S/C26H31BrN6O2S.C3H6.C3H4.2C2H6/c1-4-8-19(3)24(9-5-2)36(34,35)32-13-7-11-21(18-32)23-14-25(29-16-20-10-6-12-28-15-20)33-26(31-23)22(27)17-30-33;2*1-3-2;2*1-2/h4-6,9-10,12,14-15,17,21,29H,1,7-8,11,13,16,18H2,2-3H3;3H,1H2,2H3;1H,2H3;2*1-2H3/b9-5-,24-19+;;;;. The van der Waals surface area contributed by atoms with Crippen LogP contribution in [0.15, 0.2) is 89.2 Å². The number of nitrogens with zero attached hydrogens (tertiary/aromatic N) is 5. The van der Waals surface area contributed by atoms with Crippen LogP contribution in [-0.2, 0) is 16.6 Å². The number of fused-ring (bicyclic) bond motifs is 1. The Morgan fingerprint density at radius 2 is 1.87 bits per heavy atom. The molecule has 0 radical (unpaired) electrons. The molecule has 10 heteroatoms. The fourth-order valence-electron chi connectivity index (χ4n) is 4.44. The van der Waals surface area contributed by atoms with Crippen LogP contribution < -0.4 is 5.32 Å². The number of nitrogens with one attached hydrogen (secondary N) is 1. The second-order valence-electron chi connectivity index (χ2n) is 9.55. The minimum atomic E-state index is -3.64. The summed E-state index contributed by atoms with van der Waals surface area (Å²) in [6.45, 7) is 23.8. The average molecular weight is 714 g/mol. The van der Waals surface area contributed by atoms with Crippen molar-refractivity contribution >= 4 is 37.4 Å². The molecule has 0 bridgehead atoms. The van der Waals surface area contributed by atoms with Gasteiger partial charge in [0.1, 0.15) is 5.82 Å². The quantitative estimate of drug-likeness (QED) is 0.135. The molecule has 3 aromatic heterocycles. The molecule has 1 atom stereocenters. The number of piperidine rings is 1. The van der Waals surface area contributed by atoms with Crippen molar-refractivity contribution in [2.24, 2.45) is 0 Å². The first-order valence-electron chi connectivity index (χ1n) is 15.7. The topological polar surface area (TPSA) is 92.5 Å². The number of anilines is 1. The van der Waals surface area contributed by atoms with Crippen LogP contribution in [0, 0.1) is 12.3 Å². The number of aromatic nitrogens is 4. The van der Waals surface area contributed by atoms with Crippen LogP contribution in [-0.4, -0.2) is 45.4 Å². The maximum atomic E-state index is 13.6. The third-order valence-electron chi connectivity index (χ3n) is 6.25. The van der Waals surface area contributed by atoms with E-state index < -0.39 is 10.0 Å². The van der Waals surface area contributed by atoms with Gasteiger partial charge in [-0.3, -0.25) is 4.98 Å². The van der Waals surface area contributed by atoms with Gasteiger partial charge in [-0.1, -0.05) is 52.0 Å². The van der Waals surface area contributed by atoms with E-state index in [9.17, 15) is 8.42 Å². The molecule has 1 saturated heterocycles. The Hall–Kier alpha value is -3.52. The van der Waals surface area contributed by atoms with E-state index in [4.69, 9.17) is 4.98 Å². The normalized spacial score (nSPS) is 14.7. The van der Waals surface area contributed by atoms with Crippen molar-refractivity contribution in [1.29, 1.82) is 0 Å². The first-order valence-corrected chi connectivity index (χ1v) is 18.0. The zero-order valence-electron chi connectivity index (χ0n) is 28.9. The van der Waals surface area contributed by atoms with Crippen molar-refractivity contribution in [3.8, 4) is 12.3 Å². The molecule has 252 valence electrons. The van der Waals surface area contributed by atoms with Crippen LogP contribution in [0.3, 0.4) is 0 Å².